The number of allylic oxidation sites excluding steroid dienone is 5. The van der Waals surface area contributed by atoms with E-state index < -0.39 is 0 Å². The number of ether oxygens (including phenoxy) is 2. The third kappa shape index (κ3) is 7.47. The van der Waals surface area contributed by atoms with Gasteiger partial charge < -0.3 is 18.8 Å². The summed E-state index contributed by atoms with van der Waals surface area (Å²) in [5.74, 6) is 4.10. The lowest BCUT2D eigenvalue weighted by atomic mass is 9.92. The lowest BCUT2D eigenvalue weighted by Gasteiger charge is -2.22. The van der Waals surface area contributed by atoms with E-state index in [-0.39, 0.29) is 10.9 Å². The van der Waals surface area contributed by atoms with E-state index in [1.54, 1.807) is 0 Å². The molecule has 1 aromatic heterocycles. The van der Waals surface area contributed by atoms with Gasteiger partial charge in [-0.2, -0.15) is 4.57 Å². The number of halogens is 2. The van der Waals surface area contributed by atoms with Crippen LogP contribution in [0.3, 0.4) is 0 Å². The van der Waals surface area contributed by atoms with Crippen molar-refractivity contribution in [3.8, 4) is 11.5 Å². The van der Waals surface area contributed by atoms with Crippen molar-refractivity contribution in [2.75, 3.05) is 11.4 Å². The lowest BCUT2D eigenvalue weighted by Crippen LogP contribution is -2.33. The van der Waals surface area contributed by atoms with Crippen molar-refractivity contribution in [1.82, 2.24) is 0 Å². The topological polar surface area (TPSA) is 38.7 Å². The van der Waals surface area contributed by atoms with Gasteiger partial charge in [0.1, 0.15) is 18.1 Å². The van der Waals surface area contributed by atoms with Crippen LogP contribution in [0.5, 0.6) is 11.5 Å². The third-order valence-electron chi connectivity index (χ3n) is 9.61. The van der Waals surface area contributed by atoms with Crippen LogP contribution in [0.15, 0.2) is 181 Å². The summed E-state index contributed by atoms with van der Waals surface area (Å²) in [4.78, 5) is 5.70. The highest BCUT2D eigenvalue weighted by atomic mass is 35.5. The van der Waals surface area contributed by atoms with Crippen molar-refractivity contribution in [2.45, 2.75) is 54.3 Å². The maximum Gasteiger partial charge on any atom is 0.374 e. The predicted octanol–water partition coefficient (Wildman–Crippen LogP) is 12.4. The second kappa shape index (κ2) is 16.1. The molecule has 8 rings (SSSR count). The highest BCUT2D eigenvalue weighted by Crippen LogP contribution is 2.40. The zero-order valence-electron chi connectivity index (χ0n) is 30.2. The van der Waals surface area contributed by atoms with E-state index in [1.165, 1.54) is 9.79 Å². The fourth-order valence-corrected chi connectivity index (χ4v) is 9.31. The van der Waals surface area contributed by atoms with Crippen LogP contribution in [0.4, 0.5) is 5.69 Å². The summed E-state index contributed by atoms with van der Waals surface area (Å²) in [7, 11) is -0.367. The van der Waals surface area contributed by atoms with Gasteiger partial charge in [-0.05, 0) is 147 Å². The Morgan fingerprint density at radius 1 is 0.741 bits per heavy atom. The van der Waals surface area contributed by atoms with Gasteiger partial charge >= 0.3 is 5.89 Å². The molecule has 6 aromatic rings. The molecule has 0 fully saturated rings. The second-order valence-corrected chi connectivity index (χ2v) is 15.9. The van der Waals surface area contributed by atoms with E-state index in [4.69, 9.17) is 37.1 Å². The highest BCUT2D eigenvalue weighted by molar-refractivity contribution is 7.97. The molecule has 0 amide bonds. The minimum Gasteiger partial charge on any atom is -0.457 e. The van der Waals surface area contributed by atoms with Crippen molar-refractivity contribution in [3.63, 3.8) is 0 Å². The van der Waals surface area contributed by atoms with Crippen molar-refractivity contribution >= 4 is 57.0 Å². The van der Waals surface area contributed by atoms with Crippen LogP contribution in [-0.4, -0.2) is 6.54 Å². The Hall–Kier alpha value is -5.14. The Bertz CT molecular complexity index is 2370. The summed E-state index contributed by atoms with van der Waals surface area (Å²) in [6.07, 6.45) is 11.2. The second-order valence-electron chi connectivity index (χ2n) is 13.0. The number of nitrogens with zero attached hydrogens (tertiary/aromatic N) is 2. The molecule has 270 valence electrons. The van der Waals surface area contributed by atoms with Gasteiger partial charge in [0.15, 0.2) is 20.4 Å². The maximum absolute atomic E-state index is 6.90. The number of hydrogen-bond acceptors (Lipinski definition) is 4. The molecule has 5 nitrogen and oxygen atoms in total. The molecule has 0 radical (unpaired) electrons. The molecular weight excluding hydrogens is 731 g/mol. The van der Waals surface area contributed by atoms with Crippen molar-refractivity contribution in [1.29, 1.82) is 0 Å². The molecule has 5 aromatic carbocycles. The summed E-state index contributed by atoms with van der Waals surface area (Å²) in [5.41, 5.74) is 5.26. The van der Waals surface area contributed by atoms with Crippen molar-refractivity contribution in [2.24, 2.45) is 0 Å². The van der Waals surface area contributed by atoms with E-state index in [0.29, 0.717) is 10.0 Å². The number of rotatable bonds is 10. The minimum absolute atomic E-state index is 0.367. The van der Waals surface area contributed by atoms with Gasteiger partial charge in [-0.25, -0.2) is 0 Å². The Morgan fingerprint density at radius 2 is 1.39 bits per heavy atom. The van der Waals surface area contributed by atoms with E-state index in [9.17, 15) is 0 Å². The summed E-state index contributed by atoms with van der Waals surface area (Å²) in [5, 5.41) is 1.42. The molecule has 8 heteroatoms. The molecule has 2 heterocycles. The summed E-state index contributed by atoms with van der Waals surface area (Å²) in [6, 6.07) is 40.9. The van der Waals surface area contributed by atoms with Crippen LogP contribution in [0.1, 0.15) is 39.0 Å². The number of oxazole rings is 1. The Morgan fingerprint density at radius 3 is 2.07 bits per heavy atom. The van der Waals surface area contributed by atoms with Crippen LogP contribution in [0.2, 0.25) is 10.0 Å². The first kappa shape index (κ1) is 35.9. The zero-order valence-corrected chi connectivity index (χ0v) is 32.5. The normalized spacial score (nSPS) is 15.9. The predicted molar refractivity (Wildman–Crippen MR) is 220 cm³/mol. The average molecular weight is 772 g/mol. The van der Waals surface area contributed by atoms with Crippen LogP contribution in [-0.2, 0) is 17.4 Å². The number of aryl methyl sites for hydroxylation is 1. The first-order valence-corrected chi connectivity index (χ1v) is 20.3. The smallest absolute Gasteiger partial charge is 0.374 e. The van der Waals surface area contributed by atoms with Gasteiger partial charge in [0.2, 0.25) is 11.5 Å². The standard InChI is InChI=1S/C46H40Cl2N2O3S/c1-3-49-40-12-5-7-14-42(40)52-44(49)30-16-32-10-9-11-33(17-31-45-50(4-2)41-13-6-8-15-43(41)53-45)46(32)51-36-22-28-39(29-23-36)54(37-24-18-34(47)19-25-37)38-26-20-35(48)21-27-38/h5-8,12-31H,3-4,9-11H2,1-2H3/q+2. The SMILES string of the molecule is CCN1/C(=C/C=C2\CCCC(/C=C/c3oc4ccccc4[n+]3CC)=C2Oc2ccc([S+](c3ccc(Cl)cc3)c3ccc(Cl)cc3)cc2)Oc2ccccc21. The Kier molecular flexibility index (Phi) is 10.7. The number of para-hydroxylation sites is 4. The number of fused-ring (bicyclic) bond motifs is 2. The first-order valence-electron chi connectivity index (χ1n) is 18.3. The van der Waals surface area contributed by atoms with Gasteiger partial charge in [-0.1, -0.05) is 53.5 Å². The molecule has 2 aliphatic rings. The molecule has 0 bridgehead atoms. The summed E-state index contributed by atoms with van der Waals surface area (Å²) < 4.78 is 21.7. The van der Waals surface area contributed by atoms with Gasteiger partial charge in [0.25, 0.3) is 5.52 Å². The molecule has 0 saturated heterocycles. The average Bonchev–Trinajstić information content (AvgIpc) is 3.76. The Balaban J connectivity index is 1.16. The maximum atomic E-state index is 6.90. The van der Waals surface area contributed by atoms with E-state index >= 15 is 0 Å². The fourth-order valence-electron chi connectivity index (χ4n) is 7.01. The third-order valence-corrected chi connectivity index (χ3v) is 12.3. The number of anilines is 1. The largest absolute Gasteiger partial charge is 0.457 e. The minimum atomic E-state index is -0.367. The Labute approximate surface area is 329 Å². The molecular formula is C46H40Cl2N2O3S+2. The number of aromatic nitrogens is 1. The molecule has 0 saturated carbocycles. The molecule has 0 spiro atoms. The highest BCUT2D eigenvalue weighted by Gasteiger charge is 2.30. The monoisotopic (exact) mass is 770 g/mol. The van der Waals surface area contributed by atoms with Gasteiger partial charge in [-0.15, -0.1) is 0 Å². The zero-order chi connectivity index (χ0) is 37.0. The van der Waals surface area contributed by atoms with Crippen LogP contribution < -0.4 is 18.9 Å². The lowest BCUT2D eigenvalue weighted by molar-refractivity contribution is -0.674. The molecule has 54 heavy (non-hydrogen) atoms. The van der Waals surface area contributed by atoms with E-state index in [0.717, 1.165) is 94.2 Å². The van der Waals surface area contributed by atoms with Crippen LogP contribution in [0.25, 0.3) is 17.2 Å². The molecule has 0 atom stereocenters. The summed E-state index contributed by atoms with van der Waals surface area (Å²) in [6.45, 7) is 5.88. The fraction of sp³-hybridized carbons (Fsp3) is 0.152. The van der Waals surface area contributed by atoms with E-state index in [2.05, 4.69) is 108 Å². The van der Waals surface area contributed by atoms with Crippen molar-refractivity contribution in [3.05, 3.63) is 178 Å². The van der Waals surface area contributed by atoms with Gasteiger partial charge in [0, 0.05) is 22.7 Å². The van der Waals surface area contributed by atoms with Crippen LogP contribution in [0, 0.1) is 0 Å². The van der Waals surface area contributed by atoms with Gasteiger partial charge in [-0.3, -0.25) is 0 Å². The van der Waals surface area contributed by atoms with Crippen molar-refractivity contribution < 1.29 is 18.5 Å². The van der Waals surface area contributed by atoms with E-state index in [1.807, 2.05) is 60.7 Å². The number of benzene rings is 5. The quantitative estimate of drug-likeness (QED) is 0.103. The molecule has 0 N–H and O–H groups in total. The summed E-state index contributed by atoms with van der Waals surface area (Å²) >= 11 is 12.6. The first-order chi connectivity index (χ1) is 26.5. The number of hydrogen-bond donors (Lipinski definition) is 0. The van der Waals surface area contributed by atoms with Crippen LogP contribution >= 0.6 is 23.2 Å². The molecule has 1 aliphatic carbocycles. The molecule has 0 unspecified atom stereocenters. The molecule has 1 aliphatic heterocycles. The van der Waals surface area contributed by atoms with Gasteiger partial charge in [0.05, 0.1) is 22.7 Å².